The van der Waals surface area contributed by atoms with E-state index >= 15 is 0 Å². The molecule has 15 heavy (non-hydrogen) atoms. The van der Waals surface area contributed by atoms with Crippen LogP contribution in [0.1, 0.15) is 50.8 Å². The lowest BCUT2D eigenvalue weighted by molar-refractivity contribution is 0.307. The second-order valence-electron chi connectivity index (χ2n) is 4.51. The average Bonchev–Trinajstić information content (AvgIpc) is 2.30. The lowest BCUT2D eigenvalue weighted by Gasteiger charge is -2.27. The van der Waals surface area contributed by atoms with E-state index in [4.69, 9.17) is 5.73 Å². The number of aromatic nitrogens is 2. The quantitative estimate of drug-likeness (QED) is 0.807. The van der Waals surface area contributed by atoms with Crippen LogP contribution in [0.15, 0.2) is 12.4 Å². The van der Waals surface area contributed by atoms with Crippen LogP contribution in [0.2, 0.25) is 0 Å². The summed E-state index contributed by atoms with van der Waals surface area (Å²) in [6.45, 7) is 2.27. The molecule has 0 amide bonds. The smallest absolute Gasteiger partial charge is 0.131 e. The third-order valence-electron chi connectivity index (χ3n) is 3.42. The Kier molecular flexibility index (Phi) is 3.19. The minimum atomic E-state index is 0.560. The number of anilines is 1. The Labute approximate surface area is 91.1 Å². The van der Waals surface area contributed by atoms with Gasteiger partial charge in [0.25, 0.3) is 0 Å². The number of hydrogen-bond donors (Lipinski definition) is 1. The van der Waals surface area contributed by atoms with Crippen LogP contribution in [0.25, 0.3) is 0 Å². The van der Waals surface area contributed by atoms with Crippen molar-refractivity contribution in [1.82, 2.24) is 9.97 Å². The van der Waals surface area contributed by atoms with Crippen molar-refractivity contribution in [2.45, 2.75) is 44.9 Å². The third-order valence-corrected chi connectivity index (χ3v) is 3.42. The predicted molar refractivity (Wildman–Crippen MR) is 61.4 cm³/mol. The van der Waals surface area contributed by atoms with Crippen molar-refractivity contribution in [3.05, 3.63) is 18.2 Å². The molecule has 0 bridgehead atoms. The van der Waals surface area contributed by atoms with E-state index in [2.05, 4.69) is 16.9 Å². The highest BCUT2D eigenvalue weighted by Gasteiger charge is 2.23. The van der Waals surface area contributed by atoms with Gasteiger partial charge in [-0.2, -0.15) is 0 Å². The van der Waals surface area contributed by atoms with Gasteiger partial charge in [-0.1, -0.05) is 26.2 Å². The molecule has 3 heteroatoms. The molecule has 2 N–H and O–H groups in total. The van der Waals surface area contributed by atoms with Gasteiger partial charge in [0, 0.05) is 5.92 Å². The minimum absolute atomic E-state index is 0.560. The highest BCUT2D eigenvalue weighted by Crippen LogP contribution is 2.35. The first kappa shape index (κ1) is 10.4. The molecule has 82 valence electrons. The van der Waals surface area contributed by atoms with Gasteiger partial charge < -0.3 is 5.73 Å². The Morgan fingerprint density at radius 2 is 2.07 bits per heavy atom. The van der Waals surface area contributed by atoms with Crippen molar-refractivity contribution in [2.75, 3.05) is 5.73 Å². The van der Waals surface area contributed by atoms with E-state index in [0.29, 0.717) is 11.6 Å². The lowest BCUT2D eigenvalue weighted by Crippen LogP contribution is -2.15. The molecular formula is C12H19N3. The van der Waals surface area contributed by atoms with Gasteiger partial charge in [-0.3, -0.25) is 0 Å². The van der Waals surface area contributed by atoms with E-state index in [0.717, 1.165) is 11.7 Å². The van der Waals surface area contributed by atoms with Crippen LogP contribution in [0.3, 0.4) is 0 Å². The molecule has 1 fully saturated rings. The molecule has 0 aromatic carbocycles. The molecule has 0 saturated heterocycles. The molecule has 1 aliphatic carbocycles. The Balaban J connectivity index is 2.06. The molecule has 2 unspecified atom stereocenters. The molecule has 0 radical (unpaired) electrons. The summed E-state index contributed by atoms with van der Waals surface area (Å²) >= 11 is 0. The van der Waals surface area contributed by atoms with E-state index in [-0.39, 0.29) is 0 Å². The molecule has 1 aromatic heterocycles. The fourth-order valence-corrected chi connectivity index (χ4v) is 2.46. The van der Waals surface area contributed by atoms with Crippen LogP contribution >= 0.6 is 0 Å². The van der Waals surface area contributed by atoms with Crippen LogP contribution in [0.4, 0.5) is 5.69 Å². The number of nitrogen functional groups attached to an aromatic ring is 1. The molecular weight excluding hydrogens is 186 g/mol. The van der Waals surface area contributed by atoms with Crippen molar-refractivity contribution in [3.63, 3.8) is 0 Å². The summed E-state index contributed by atoms with van der Waals surface area (Å²) in [6.07, 6.45) is 9.90. The average molecular weight is 205 g/mol. The SMILES string of the molecule is CCC1CCCC(c2ncc(N)cn2)C1. The minimum Gasteiger partial charge on any atom is -0.396 e. The molecule has 2 rings (SSSR count). The first-order valence-electron chi connectivity index (χ1n) is 5.87. The van der Waals surface area contributed by atoms with Gasteiger partial charge in [-0.15, -0.1) is 0 Å². The zero-order valence-corrected chi connectivity index (χ0v) is 9.32. The van der Waals surface area contributed by atoms with Crippen molar-refractivity contribution < 1.29 is 0 Å². The van der Waals surface area contributed by atoms with Crippen LogP contribution in [0, 0.1) is 5.92 Å². The van der Waals surface area contributed by atoms with E-state index in [9.17, 15) is 0 Å². The van der Waals surface area contributed by atoms with Gasteiger partial charge in [0.2, 0.25) is 0 Å². The van der Waals surface area contributed by atoms with Crippen molar-refractivity contribution in [1.29, 1.82) is 0 Å². The zero-order chi connectivity index (χ0) is 10.7. The largest absolute Gasteiger partial charge is 0.396 e. The molecule has 1 heterocycles. The van der Waals surface area contributed by atoms with Crippen LogP contribution in [0.5, 0.6) is 0 Å². The summed E-state index contributed by atoms with van der Waals surface area (Å²) in [5, 5.41) is 0. The maximum atomic E-state index is 5.58. The first-order chi connectivity index (χ1) is 7.29. The third kappa shape index (κ3) is 2.46. The van der Waals surface area contributed by atoms with Crippen molar-refractivity contribution >= 4 is 5.69 Å². The standard InChI is InChI=1S/C12H19N3/c1-2-9-4-3-5-10(6-9)12-14-7-11(13)8-15-12/h7-10H,2-6,13H2,1H3. The van der Waals surface area contributed by atoms with E-state index < -0.39 is 0 Å². The Bertz CT molecular complexity index is 307. The zero-order valence-electron chi connectivity index (χ0n) is 9.32. The maximum absolute atomic E-state index is 5.58. The van der Waals surface area contributed by atoms with Gasteiger partial charge >= 0.3 is 0 Å². The lowest BCUT2D eigenvalue weighted by atomic mass is 9.80. The summed E-state index contributed by atoms with van der Waals surface area (Å²) in [5.41, 5.74) is 6.24. The van der Waals surface area contributed by atoms with Crippen molar-refractivity contribution in [3.8, 4) is 0 Å². The Hall–Kier alpha value is -1.12. The summed E-state index contributed by atoms with van der Waals surface area (Å²) in [5.74, 6) is 2.41. The second-order valence-corrected chi connectivity index (χ2v) is 4.51. The van der Waals surface area contributed by atoms with Gasteiger partial charge in [-0.25, -0.2) is 9.97 Å². The molecule has 2 atom stereocenters. The van der Waals surface area contributed by atoms with Crippen LogP contribution in [-0.2, 0) is 0 Å². The fourth-order valence-electron chi connectivity index (χ4n) is 2.46. The highest BCUT2D eigenvalue weighted by molar-refractivity contribution is 5.30. The summed E-state index contributed by atoms with van der Waals surface area (Å²) in [6, 6.07) is 0. The topological polar surface area (TPSA) is 51.8 Å². The monoisotopic (exact) mass is 205 g/mol. The van der Waals surface area contributed by atoms with Crippen molar-refractivity contribution in [2.24, 2.45) is 5.92 Å². The number of rotatable bonds is 2. The summed E-state index contributed by atoms with van der Waals surface area (Å²) < 4.78 is 0. The highest BCUT2D eigenvalue weighted by atomic mass is 14.9. The van der Waals surface area contributed by atoms with Crippen LogP contribution in [-0.4, -0.2) is 9.97 Å². The van der Waals surface area contributed by atoms with Gasteiger partial charge in [0.1, 0.15) is 5.82 Å². The van der Waals surface area contributed by atoms with E-state index in [1.807, 2.05) is 0 Å². The predicted octanol–water partition coefficient (Wildman–Crippen LogP) is 2.74. The van der Waals surface area contributed by atoms with E-state index in [1.54, 1.807) is 12.4 Å². The molecule has 1 aromatic rings. The molecule has 1 saturated carbocycles. The molecule has 0 aliphatic heterocycles. The number of nitrogens with two attached hydrogens (primary N) is 1. The summed E-state index contributed by atoms with van der Waals surface area (Å²) in [4.78, 5) is 8.67. The van der Waals surface area contributed by atoms with Gasteiger partial charge in [0.05, 0.1) is 18.1 Å². The molecule has 3 nitrogen and oxygen atoms in total. The van der Waals surface area contributed by atoms with E-state index in [1.165, 1.54) is 32.1 Å². The number of hydrogen-bond acceptors (Lipinski definition) is 3. The molecule has 1 aliphatic rings. The number of nitrogens with zero attached hydrogens (tertiary/aromatic N) is 2. The summed E-state index contributed by atoms with van der Waals surface area (Å²) in [7, 11) is 0. The fraction of sp³-hybridized carbons (Fsp3) is 0.667. The maximum Gasteiger partial charge on any atom is 0.131 e. The Morgan fingerprint density at radius 3 is 2.73 bits per heavy atom. The van der Waals surface area contributed by atoms with Gasteiger partial charge in [0.15, 0.2) is 0 Å². The van der Waals surface area contributed by atoms with Crippen LogP contribution < -0.4 is 5.73 Å². The van der Waals surface area contributed by atoms with Gasteiger partial charge in [-0.05, 0) is 18.8 Å². The normalized spacial score (nSPS) is 26.5. The Morgan fingerprint density at radius 1 is 1.33 bits per heavy atom. The first-order valence-corrected chi connectivity index (χ1v) is 5.87. The molecule has 0 spiro atoms. The second kappa shape index (κ2) is 4.60.